The van der Waals surface area contributed by atoms with Crippen molar-refractivity contribution in [3.05, 3.63) is 53.6 Å². The molecule has 0 aliphatic carbocycles. The largest absolute Gasteiger partial charge is 0.461 e. The van der Waals surface area contributed by atoms with E-state index in [1.165, 1.54) is 6.20 Å². The van der Waals surface area contributed by atoms with E-state index >= 15 is 0 Å². The monoisotopic (exact) mass is 283 g/mol. The maximum Gasteiger partial charge on any atom is 0.356 e. The zero-order valence-corrected chi connectivity index (χ0v) is 12.1. The minimum absolute atomic E-state index is 0.0654. The molecule has 21 heavy (non-hydrogen) atoms. The molecule has 1 aromatic carbocycles. The van der Waals surface area contributed by atoms with Crippen LogP contribution < -0.4 is 0 Å². The maximum absolute atomic E-state index is 12.0. The SMILES string of the molecule is CCCOC(=O)c1cncn1[C@H](C)c1ccc(C#N)cc1. The van der Waals surface area contributed by atoms with Crippen molar-refractivity contribution < 1.29 is 9.53 Å². The van der Waals surface area contributed by atoms with Crippen LogP contribution in [0.25, 0.3) is 0 Å². The molecule has 0 radical (unpaired) electrons. The third-order valence-corrected chi connectivity index (χ3v) is 3.25. The number of hydrogen-bond acceptors (Lipinski definition) is 4. The molecule has 2 rings (SSSR count). The Labute approximate surface area is 123 Å². The van der Waals surface area contributed by atoms with Crippen molar-refractivity contribution in [1.82, 2.24) is 9.55 Å². The number of benzene rings is 1. The van der Waals surface area contributed by atoms with Crippen molar-refractivity contribution in [2.45, 2.75) is 26.3 Å². The number of carbonyl (C=O) groups is 1. The van der Waals surface area contributed by atoms with Crippen LogP contribution in [0.2, 0.25) is 0 Å². The molecule has 0 aliphatic rings. The number of imidazole rings is 1. The molecule has 5 heteroatoms. The Morgan fingerprint density at radius 3 is 2.76 bits per heavy atom. The summed E-state index contributed by atoms with van der Waals surface area (Å²) in [6, 6.07) is 9.30. The molecular formula is C16H17N3O2. The predicted octanol–water partition coefficient (Wildman–Crippen LogP) is 2.93. The van der Waals surface area contributed by atoms with Crippen LogP contribution in [-0.2, 0) is 4.74 Å². The van der Waals surface area contributed by atoms with Crippen LogP contribution >= 0.6 is 0 Å². The molecule has 0 saturated carbocycles. The summed E-state index contributed by atoms with van der Waals surface area (Å²) in [5, 5.41) is 8.82. The van der Waals surface area contributed by atoms with E-state index in [1.807, 2.05) is 26.0 Å². The van der Waals surface area contributed by atoms with Crippen LogP contribution in [0.3, 0.4) is 0 Å². The van der Waals surface area contributed by atoms with Crippen LogP contribution in [0.4, 0.5) is 0 Å². The van der Waals surface area contributed by atoms with E-state index in [9.17, 15) is 4.79 Å². The van der Waals surface area contributed by atoms with Gasteiger partial charge in [0.15, 0.2) is 0 Å². The van der Waals surface area contributed by atoms with Gasteiger partial charge in [-0.25, -0.2) is 9.78 Å². The summed E-state index contributed by atoms with van der Waals surface area (Å²) in [4.78, 5) is 16.0. The van der Waals surface area contributed by atoms with Crippen molar-refractivity contribution in [1.29, 1.82) is 5.26 Å². The van der Waals surface area contributed by atoms with Gasteiger partial charge >= 0.3 is 5.97 Å². The van der Waals surface area contributed by atoms with Crippen LogP contribution in [0.15, 0.2) is 36.8 Å². The minimum atomic E-state index is -0.366. The van der Waals surface area contributed by atoms with E-state index in [4.69, 9.17) is 10.00 Å². The van der Waals surface area contributed by atoms with Gasteiger partial charge < -0.3 is 9.30 Å². The van der Waals surface area contributed by atoms with E-state index in [-0.39, 0.29) is 12.0 Å². The molecule has 0 aliphatic heterocycles. The second-order valence-corrected chi connectivity index (χ2v) is 4.73. The Bertz CT molecular complexity index is 653. The fourth-order valence-electron chi connectivity index (χ4n) is 2.04. The molecule has 0 saturated heterocycles. The van der Waals surface area contributed by atoms with E-state index in [0.29, 0.717) is 17.9 Å². The number of aromatic nitrogens is 2. The average Bonchev–Trinajstić information content (AvgIpc) is 3.01. The summed E-state index contributed by atoms with van der Waals surface area (Å²) >= 11 is 0. The molecular weight excluding hydrogens is 266 g/mol. The molecule has 0 unspecified atom stereocenters. The number of nitriles is 1. The number of nitrogens with zero attached hydrogens (tertiary/aromatic N) is 3. The van der Waals surface area contributed by atoms with Crippen molar-refractivity contribution in [3.8, 4) is 6.07 Å². The van der Waals surface area contributed by atoms with Crippen LogP contribution in [0.1, 0.15) is 47.9 Å². The first-order chi connectivity index (χ1) is 10.2. The summed E-state index contributed by atoms with van der Waals surface area (Å²) in [6.07, 6.45) is 3.91. The first-order valence-electron chi connectivity index (χ1n) is 6.86. The van der Waals surface area contributed by atoms with Gasteiger partial charge in [-0.15, -0.1) is 0 Å². The topological polar surface area (TPSA) is 67.9 Å². The summed E-state index contributed by atoms with van der Waals surface area (Å²) in [7, 11) is 0. The van der Waals surface area contributed by atoms with Gasteiger partial charge in [0.2, 0.25) is 0 Å². The number of hydrogen-bond donors (Lipinski definition) is 0. The highest BCUT2D eigenvalue weighted by Gasteiger charge is 2.18. The molecule has 0 bridgehead atoms. The van der Waals surface area contributed by atoms with Gasteiger partial charge in [0.05, 0.1) is 36.8 Å². The molecule has 1 atom stereocenters. The van der Waals surface area contributed by atoms with Crippen molar-refractivity contribution in [2.24, 2.45) is 0 Å². The first kappa shape index (κ1) is 14.8. The highest BCUT2D eigenvalue weighted by molar-refractivity contribution is 5.87. The summed E-state index contributed by atoms with van der Waals surface area (Å²) < 4.78 is 6.93. The molecule has 0 N–H and O–H groups in total. The lowest BCUT2D eigenvalue weighted by Gasteiger charge is -2.16. The van der Waals surface area contributed by atoms with Gasteiger partial charge in [-0.2, -0.15) is 5.26 Å². The zero-order chi connectivity index (χ0) is 15.2. The third kappa shape index (κ3) is 3.29. The van der Waals surface area contributed by atoms with Gasteiger partial charge in [0.25, 0.3) is 0 Å². The molecule has 1 aromatic heterocycles. The van der Waals surface area contributed by atoms with Crippen molar-refractivity contribution in [2.75, 3.05) is 6.61 Å². The quantitative estimate of drug-likeness (QED) is 0.791. The number of rotatable bonds is 5. The van der Waals surface area contributed by atoms with E-state index in [2.05, 4.69) is 11.1 Å². The first-order valence-corrected chi connectivity index (χ1v) is 6.86. The Balaban J connectivity index is 2.23. The maximum atomic E-state index is 12.0. The second-order valence-electron chi connectivity index (χ2n) is 4.73. The lowest BCUT2D eigenvalue weighted by molar-refractivity contribution is 0.0491. The molecule has 2 aromatic rings. The fourth-order valence-corrected chi connectivity index (χ4v) is 2.04. The average molecular weight is 283 g/mol. The number of esters is 1. The van der Waals surface area contributed by atoms with Crippen molar-refractivity contribution in [3.63, 3.8) is 0 Å². The van der Waals surface area contributed by atoms with Gasteiger partial charge in [-0.05, 0) is 31.0 Å². The third-order valence-electron chi connectivity index (χ3n) is 3.25. The van der Waals surface area contributed by atoms with Gasteiger partial charge in [-0.1, -0.05) is 19.1 Å². The Hall–Kier alpha value is -2.61. The smallest absolute Gasteiger partial charge is 0.356 e. The molecule has 1 heterocycles. The summed E-state index contributed by atoms with van der Waals surface area (Å²) in [5.74, 6) is -0.366. The van der Waals surface area contributed by atoms with Gasteiger partial charge in [-0.3, -0.25) is 0 Å². The van der Waals surface area contributed by atoms with Crippen LogP contribution in [0, 0.1) is 11.3 Å². The van der Waals surface area contributed by atoms with Crippen LogP contribution in [-0.4, -0.2) is 22.1 Å². The molecule has 0 fully saturated rings. The normalized spacial score (nSPS) is 11.7. The summed E-state index contributed by atoms with van der Waals surface area (Å²) in [6.45, 7) is 4.32. The Morgan fingerprint density at radius 2 is 2.14 bits per heavy atom. The van der Waals surface area contributed by atoms with E-state index in [0.717, 1.165) is 12.0 Å². The standard InChI is InChI=1S/C16H17N3O2/c1-3-8-21-16(20)15-10-18-11-19(15)12(2)14-6-4-13(9-17)5-7-14/h4-7,10-12H,3,8H2,1-2H3/t12-/m1/s1. The van der Waals surface area contributed by atoms with Gasteiger partial charge in [0.1, 0.15) is 5.69 Å². The molecule has 0 amide bonds. The second kappa shape index (κ2) is 6.71. The van der Waals surface area contributed by atoms with Crippen LogP contribution in [0.5, 0.6) is 0 Å². The number of ether oxygens (including phenoxy) is 1. The molecule has 108 valence electrons. The van der Waals surface area contributed by atoms with E-state index in [1.54, 1.807) is 23.0 Å². The highest BCUT2D eigenvalue weighted by atomic mass is 16.5. The predicted molar refractivity (Wildman–Crippen MR) is 77.8 cm³/mol. The lowest BCUT2D eigenvalue weighted by Crippen LogP contribution is -2.15. The lowest BCUT2D eigenvalue weighted by atomic mass is 10.1. The molecule has 0 spiro atoms. The Kier molecular flexibility index (Phi) is 4.72. The Morgan fingerprint density at radius 1 is 1.43 bits per heavy atom. The van der Waals surface area contributed by atoms with E-state index < -0.39 is 0 Å². The summed E-state index contributed by atoms with van der Waals surface area (Å²) in [5.41, 5.74) is 2.04. The minimum Gasteiger partial charge on any atom is -0.461 e. The van der Waals surface area contributed by atoms with Crippen molar-refractivity contribution >= 4 is 5.97 Å². The molecule has 5 nitrogen and oxygen atoms in total. The zero-order valence-electron chi connectivity index (χ0n) is 12.1. The number of carbonyl (C=O) groups excluding carboxylic acids is 1. The highest BCUT2D eigenvalue weighted by Crippen LogP contribution is 2.20. The van der Waals surface area contributed by atoms with Gasteiger partial charge in [0, 0.05) is 0 Å². The fraction of sp³-hybridized carbons (Fsp3) is 0.312.